The lowest BCUT2D eigenvalue weighted by Gasteiger charge is -2.10. The summed E-state index contributed by atoms with van der Waals surface area (Å²) in [5.74, 6) is 0. The molecule has 0 aromatic rings. The first kappa shape index (κ1) is 8.25. The van der Waals surface area contributed by atoms with E-state index in [1.165, 1.54) is 37.8 Å². The van der Waals surface area contributed by atoms with Crippen molar-refractivity contribution in [3.63, 3.8) is 0 Å². The highest BCUT2D eigenvalue weighted by molar-refractivity contribution is 5.85. The standard InChI is InChI=1S/C10H15N/c1-2-3-9-11-10-7-5-4-6-8-10/h2-3,9H,1,4-8H2. The van der Waals surface area contributed by atoms with Gasteiger partial charge in [0, 0.05) is 11.9 Å². The molecule has 60 valence electrons. The van der Waals surface area contributed by atoms with Crippen LogP contribution in [0.25, 0.3) is 0 Å². The minimum Gasteiger partial charge on any atom is -0.266 e. The van der Waals surface area contributed by atoms with Gasteiger partial charge in [0.15, 0.2) is 0 Å². The molecule has 0 spiro atoms. The van der Waals surface area contributed by atoms with Crippen LogP contribution in [-0.2, 0) is 0 Å². The number of nitrogens with zero attached hydrogens (tertiary/aromatic N) is 1. The highest BCUT2D eigenvalue weighted by Gasteiger charge is 2.04. The Bertz CT molecular complexity index is 169. The number of hydrogen-bond acceptors (Lipinski definition) is 1. The number of aliphatic imine (C=N–C) groups is 1. The Balaban J connectivity index is 2.37. The molecule has 0 N–H and O–H groups in total. The highest BCUT2D eigenvalue weighted by Crippen LogP contribution is 2.14. The Morgan fingerprint density at radius 3 is 2.55 bits per heavy atom. The quantitative estimate of drug-likeness (QED) is 0.535. The topological polar surface area (TPSA) is 12.4 Å². The lowest BCUT2D eigenvalue weighted by molar-refractivity contribution is 0.666. The molecular formula is C10H15N. The summed E-state index contributed by atoms with van der Waals surface area (Å²) < 4.78 is 0. The predicted molar refractivity (Wildman–Crippen MR) is 49.9 cm³/mol. The molecule has 1 fully saturated rings. The molecular weight excluding hydrogens is 134 g/mol. The first-order valence-corrected chi connectivity index (χ1v) is 4.26. The molecule has 0 radical (unpaired) electrons. The predicted octanol–water partition coefficient (Wildman–Crippen LogP) is 3.09. The Morgan fingerprint density at radius 2 is 1.91 bits per heavy atom. The third-order valence-corrected chi connectivity index (χ3v) is 1.91. The van der Waals surface area contributed by atoms with Gasteiger partial charge in [-0.15, -0.1) is 0 Å². The van der Waals surface area contributed by atoms with Crippen molar-refractivity contribution in [2.45, 2.75) is 32.1 Å². The summed E-state index contributed by atoms with van der Waals surface area (Å²) in [6.45, 7) is 3.59. The average molecular weight is 149 g/mol. The van der Waals surface area contributed by atoms with Gasteiger partial charge in [-0.3, -0.25) is 4.99 Å². The minimum absolute atomic E-state index is 1.20. The maximum atomic E-state index is 4.34. The van der Waals surface area contributed by atoms with Crippen LogP contribution in [0.1, 0.15) is 32.1 Å². The van der Waals surface area contributed by atoms with Gasteiger partial charge >= 0.3 is 0 Å². The van der Waals surface area contributed by atoms with Crippen molar-refractivity contribution in [1.82, 2.24) is 0 Å². The third-order valence-electron chi connectivity index (χ3n) is 1.91. The van der Waals surface area contributed by atoms with E-state index in [-0.39, 0.29) is 0 Å². The SMILES string of the molecule is C=CC=CN=C1CCCCC1. The summed E-state index contributed by atoms with van der Waals surface area (Å²) >= 11 is 0. The molecule has 0 saturated heterocycles. The second kappa shape index (κ2) is 4.89. The largest absolute Gasteiger partial charge is 0.266 e. The Hall–Kier alpha value is -0.850. The summed E-state index contributed by atoms with van der Waals surface area (Å²) in [5, 5.41) is 0. The van der Waals surface area contributed by atoms with E-state index in [4.69, 9.17) is 0 Å². The fourth-order valence-corrected chi connectivity index (χ4v) is 1.30. The number of rotatable bonds is 2. The number of hydrogen-bond donors (Lipinski definition) is 0. The normalized spacial score (nSPS) is 18.7. The first-order valence-electron chi connectivity index (χ1n) is 4.26. The van der Waals surface area contributed by atoms with Gasteiger partial charge in [0.1, 0.15) is 0 Å². The van der Waals surface area contributed by atoms with Gasteiger partial charge in [0.2, 0.25) is 0 Å². The van der Waals surface area contributed by atoms with Crippen LogP contribution in [-0.4, -0.2) is 5.71 Å². The summed E-state index contributed by atoms with van der Waals surface area (Å²) in [5.41, 5.74) is 1.36. The zero-order chi connectivity index (χ0) is 7.94. The smallest absolute Gasteiger partial charge is 0.0266 e. The third kappa shape index (κ3) is 3.17. The molecule has 0 aromatic carbocycles. The molecule has 0 aromatic heterocycles. The molecule has 0 aliphatic heterocycles. The van der Waals surface area contributed by atoms with Crippen molar-refractivity contribution in [3.8, 4) is 0 Å². The van der Waals surface area contributed by atoms with Crippen molar-refractivity contribution in [3.05, 3.63) is 24.9 Å². The van der Waals surface area contributed by atoms with E-state index in [9.17, 15) is 0 Å². The maximum Gasteiger partial charge on any atom is 0.0266 e. The van der Waals surface area contributed by atoms with Crippen molar-refractivity contribution < 1.29 is 0 Å². The van der Waals surface area contributed by atoms with E-state index in [0.717, 1.165) is 0 Å². The molecule has 0 bridgehead atoms. The summed E-state index contributed by atoms with van der Waals surface area (Å²) in [7, 11) is 0. The van der Waals surface area contributed by atoms with Gasteiger partial charge in [-0.25, -0.2) is 0 Å². The van der Waals surface area contributed by atoms with Crippen LogP contribution < -0.4 is 0 Å². The van der Waals surface area contributed by atoms with E-state index in [1.54, 1.807) is 6.08 Å². The van der Waals surface area contributed by atoms with Crippen LogP contribution in [0, 0.1) is 0 Å². The van der Waals surface area contributed by atoms with Gasteiger partial charge in [-0.1, -0.05) is 19.1 Å². The van der Waals surface area contributed by atoms with Gasteiger partial charge in [-0.2, -0.15) is 0 Å². The van der Waals surface area contributed by atoms with E-state index in [2.05, 4.69) is 11.6 Å². The summed E-state index contributed by atoms with van der Waals surface area (Å²) in [4.78, 5) is 4.34. The van der Waals surface area contributed by atoms with E-state index in [1.807, 2.05) is 12.3 Å². The van der Waals surface area contributed by atoms with Crippen molar-refractivity contribution >= 4 is 5.71 Å². The summed E-state index contributed by atoms with van der Waals surface area (Å²) in [6, 6.07) is 0. The highest BCUT2D eigenvalue weighted by atomic mass is 14.7. The molecule has 0 atom stereocenters. The van der Waals surface area contributed by atoms with E-state index >= 15 is 0 Å². The molecule has 11 heavy (non-hydrogen) atoms. The zero-order valence-corrected chi connectivity index (χ0v) is 6.92. The Labute approximate surface area is 68.5 Å². The Kier molecular flexibility index (Phi) is 3.67. The van der Waals surface area contributed by atoms with Gasteiger partial charge in [0.25, 0.3) is 0 Å². The Morgan fingerprint density at radius 1 is 1.18 bits per heavy atom. The first-order chi connectivity index (χ1) is 5.43. The van der Waals surface area contributed by atoms with E-state index < -0.39 is 0 Å². The van der Waals surface area contributed by atoms with Crippen molar-refractivity contribution in [1.29, 1.82) is 0 Å². The summed E-state index contributed by atoms with van der Waals surface area (Å²) in [6.07, 6.45) is 11.9. The zero-order valence-electron chi connectivity index (χ0n) is 6.92. The minimum atomic E-state index is 1.20. The van der Waals surface area contributed by atoms with E-state index in [0.29, 0.717) is 0 Å². The molecule has 1 saturated carbocycles. The molecule has 0 unspecified atom stereocenters. The van der Waals surface area contributed by atoms with Crippen LogP contribution in [0.4, 0.5) is 0 Å². The lowest BCUT2D eigenvalue weighted by Crippen LogP contribution is -2.03. The van der Waals surface area contributed by atoms with Crippen molar-refractivity contribution in [2.24, 2.45) is 4.99 Å². The average Bonchev–Trinajstić information content (AvgIpc) is 2.07. The lowest BCUT2D eigenvalue weighted by atomic mass is 9.99. The van der Waals surface area contributed by atoms with Gasteiger partial charge in [-0.05, 0) is 31.8 Å². The monoisotopic (exact) mass is 149 g/mol. The molecule has 0 heterocycles. The van der Waals surface area contributed by atoms with Crippen LogP contribution in [0.3, 0.4) is 0 Å². The molecule has 1 nitrogen and oxygen atoms in total. The van der Waals surface area contributed by atoms with Crippen LogP contribution in [0.15, 0.2) is 29.9 Å². The van der Waals surface area contributed by atoms with Crippen LogP contribution in [0.2, 0.25) is 0 Å². The second-order valence-corrected chi connectivity index (χ2v) is 2.83. The molecule has 0 amide bonds. The fraction of sp³-hybridized carbons (Fsp3) is 0.500. The molecule has 1 aliphatic rings. The van der Waals surface area contributed by atoms with Gasteiger partial charge in [0.05, 0.1) is 0 Å². The van der Waals surface area contributed by atoms with Crippen LogP contribution in [0.5, 0.6) is 0 Å². The number of allylic oxidation sites excluding steroid dienone is 2. The fourth-order valence-electron chi connectivity index (χ4n) is 1.30. The van der Waals surface area contributed by atoms with Crippen molar-refractivity contribution in [2.75, 3.05) is 0 Å². The maximum absolute atomic E-state index is 4.34. The van der Waals surface area contributed by atoms with Gasteiger partial charge < -0.3 is 0 Å². The molecule has 1 rings (SSSR count). The van der Waals surface area contributed by atoms with Crippen LogP contribution >= 0.6 is 0 Å². The molecule has 1 heteroatoms. The second-order valence-electron chi connectivity index (χ2n) is 2.83. The molecule has 1 aliphatic carbocycles.